The van der Waals surface area contributed by atoms with Gasteiger partial charge in [-0.15, -0.1) is 0 Å². The highest BCUT2D eigenvalue weighted by molar-refractivity contribution is 6.30. The van der Waals surface area contributed by atoms with Crippen molar-refractivity contribution < 1.29 is 14.3 Å². The Morgan fingerprint density at radius 1 is 1.15 bits per heavy atom. The minimum absolute atomic E-state index is 0.0223. The number of hydrogen-bond acceptors (Lipinski definition) is 3. The predicted molar refractivity (Wildman–Crippen MR) is 106 cm³/mol. The van der Waals surface area contributed by atoms with E-state index in [2.05, 4.69) is 18.7 Å². The fourth-order valence-corrected chi connectivity index (χ4v) is 3.12. The molecule has 0 aliphatic rings. The molecule has 4 heteroatoms. The summed E-state index contributed by atoms with van der Waals surface area (Å²) in [5, 5.41) is 0.705. The third-order valence-electron chi connectivity index (χ3n) is 4.39. The van der Waals surface area contributed by atoms with Gasteiger partial charge < -0.3 is 9.47 Å². The quantitative estimate of drug-likeness (QED) is 0.562. The smallest absolute Gasteiger partial charge is 0.308 e. The Hall–Kier alpha value is -2.10. The van der Waals surface area contributed by atoms with Crippen molar-refractivity contribution in [3.63, 3.8) is 0 Å². The molecule has 138 valence electrons. The summed E-state index contributed by atoms with van der Waals surface area (Å²) in [5.74, 6) is -0.249. The number of rotatable bonds is 9. The number of halogens is 1. The molecule has 0 heterocycles. The zero-order valence-corrected chi connectivity index (χ0v) is 16.0. The van der Waals surface area contributed by atoms with Gasteiger partial charge in [0.2, 0.25) is 0 Å². The Labute approximate surface area is 160 Å². The standard InChI is InChI=1S/C22H25ClO3/c1-4-16-6-10-18(11-7-16)20(14-17-8-12-19(23)13-9-17)21(26-5-2)15-22(24)25-3/h4,6-13,20-21H,1,5,14-15H2,2-3H3. The number of methoxy groups -OCH3 is 1. The molecule has 0 aromatic heterocycles. The van der Waals surface area contributed by atoms with Crippen molar-refractivity contribution in [1.82, 2.24) is 0 Å². The van der Waals surface area contributed by atoms with Crippen LogP contribution in [0.3, 0.4) is 0 Å². The van der Waals surface area contributed by atoms with Crippen LogP contribution in [0, 0.1) is 0 Å². The van der Waals surface area contributed by atoms with Crippen LogP contribution in [0.2, 0.25) is 5.02 Å². The summed E-state index contributed by atoms with van der Waals surface area (Å²) in [6, 6.07) is 16.0. The van der Waals surface area contributed by atoms with Crippen LogP contribution in [-0.4, -0.2) is 25.8 Å². The molecule has 2 aromatic rings. The molecule has 0 saturated carbocycles. The van der Waals surface area contributed by atoms with Crippen LogP contribution in [0.5, 0.6) is 0 Å². The van der Waals surface area contributed by atoms with Crippen LogP contribution in [0.4, 0.5) is 0 Å². The molecule has 3 nitrogen and oxygen atoms in total. The van der Waals surface area contributed by atoms with E-state index in [0.29, 0.717) is 11.6 Å². The van der Waals surface area contributed by atoms with Crippen LogP contribution in [0.1, 0.15) is 36.0 Å². The van der Waals surface area contributed by atoms with E-state index in [9.17, 15) is 4.79 Å². The van der Waals surface area contributed by atoms with Gasteiger partial charge in [0.1, 0.15) is 0 Å². The van der Waals surface area contributed by atoms with Gasteiger partial charge in [0.15, 0.2) is 0 Å². The van der Waals surface area contributed by atoms with E-state index >= 15 is 0 Å². The molecule has 0 aliphatic carbocycles. The van der Waals surface area contributed by atoms with Gasteiger partial charge in [0.05, 0.1) is 19.6 Å². The van der Waals surface area contributed by atoms with Crippen LogP contribution < -0.4 is 0 Å². The van der Waals surface area contributed by atoms with Crippen molar-refractivity contribution >= 4 is 23.6 Å². The first-order chi connectivity index (χ1) is 12.6. The summed E-state index contributed by atoms with van der Waals surface area (Å²) in [6.07, 6.45) is 2.50. The lowest BCUT2D eigenvalue weighted by Gasteiger charge is -2.27. The second-order valence-corrected chi connectivity index (χ2v) is 6.52. The molecule has 0 fully saturated rings. The van der Waals surface area contributed by atoms with Gasteiger partial charge in [-0.3, -0.25) is 4.79 Å². The number of hydrogen-bond donors (Lipinski definition) is 0. The van der Waals surface area contributed by atoms with Crippen LogP contribution in [0.25, 0.3) is 6.08 Å². The van der Waals surface area contributed by atoms with E-state index in [1.165, 1.54) is 7.11 Å². The SMILES string of the molecule is C=Cc1ccc(C(Cc2ccc(Cl)cc2)C(CC(=O)OC)OCC)cc1. The Bertz CT molecular complexity index is 707. The molecule has 2 atom stereocenters. The molecular formula is C22H25ClO3. The van der Waals surface area contributed by atoms with Crippen LogP contribution in [-0.2, 0) is 20.7 Å². The largest absolute Gasteiger partial charge is 0.469 e. The van der Waals surface area contributed by atoms with Gasteiger partial charge >= 0.3 is 5.97 Å². The van der Waals surface area contributed by atoms with Crippen molar-refractivity contribution in [3.8, 4) is 0 Å². The summed E-state index contributed by atoms with van der Waals surface area (Å²) < 4.78 is 10.8. The zero-order valence-electron chi connectivity index (χ0n) is 15.3. The number of carbonyl (C=O) groups excluding carboxylic acids is 1. The molecule has 0 radical (unpaired) electrons. The molecule has 0 amide bonds. The second-order valence-electron chi connectivity index (χ2n) is 6.08. The highest BCUT2D eigenvalue weighted by atomic mass is 35.5. The van der Waals surface area contributed by atoms with E-state index in [-0.39, 0.29) is 24.4 Å². The lowest BCUT2D eigenvalue weighted by Crippen LogP contribution is -2.28. The van der Waals surface area contributed by atoms with Gasteiger partial charge in [0, 0.05) is 17.5 Å². The van der Waals surface area contributed by atoms with E-state index in [4.69, 9.17) is 21.1 Å². The molecule has 0 N–H and O–H groups in total. The Morgan fingerprint density at radius 3 is 2.35 bits per heavy atom. The first-order valence-corrected chi connectivity index (χ1v) is 9.10. The lowest BCUT2D eigenvalue weighted by atomic mass is 9.85. The molecule has 2 unspecified atom stereocenters. The van der Waals surface area contributed by atoms with Crippen molar-refractivity contribution in [2.24, 2.45) is 0 Å². The Morgan fingerprint density at radius 2 is 1.81 bits per heavy atom. The summed E-state index contributed by atoms with van der Waals surface area (Å²) in [5.41, 5.74) is 3.31. The third kappa shape index (κ3) is 5.72. The highest BCUT2D eigenvalue weighted by Gasteiger charge is 2.27. The number of ether oxygens (including phenoxy) is 2. The third-order valence-corrected chi connectivity index (χ3v) is 4.65. The summed E-state index contributed by atoms with van der Waals surface area (Å²) in [6.45, 7) is 6.26. The normalized spacial score (nSPS) is 13.0. The van der Waals surface area contributed by atoms with Crippen molar-refractivity contribution in [2.75, 3.05) is 13.7 Å². The summed E-state index contributed by atoms with van der Waals surface area (Å²) >= 11 is 6.00. The highest BCUT2D eigenvalue weighted by Crippen LogP contribution is 2.29. The first-order valence-electron chi connectivity index (χ1n) is 8.72. The van der Waals surface area contributed by atoms with E-state index in [0.717, 1.165) is 23.1 Å². The first kappa shape index (κ1) is 20.2. The van der Waals surface area contributed by atoms with E-state index in [1.807, 2.05) is 49.4 Å². The zero-order chi connectivity index (χ0) is 18.9. The second kappa shape index (κ2) is 10.1. The van der Waals surface area contributed by atoms with Gasteiger partial charge in [-0.05, 0) is 42.2 Å². The molecule has 0 saturated heterocycles. The molecule has 0 aliphatic heterocycles. The summed E-state index contributed by atoms with van der Waals surface area (Å²) in [7, 11) is 1.40. The fourth-order valence-electron chi connectivity index (χ4n) is 3.00. The van der Waals surface area contributed by atoms with Gasteiger partial charge in [-0.1, -0.05) is 60.7 Å². The Balaban J connectivity index is 2.34. The van der Waals surface area contributed by atoms with Crippen molar-refractivity contribution in [3.05, 3.63) is 76.8 Å². The van der Waals surface area contributed by atoms with Crippen LogP contribution >= 0.6 is 11.6 Å². The van der Waals surface area contributed by atoms with Gasteiger partial charge in [-0.25, -0.2) is 0 Å². The average molecular weight is 373 g/mol. The van der Waals surface area contributed by atoms with E-state index in [1.54, 1.807) is 0 Å². The van der Waals surface area contributed by atoms with Crippen molar-refractivity contribution in [2.45, 2.75) is 31.8 Å². The summed E-state index contributed by atoms with van der Waals surface area (Å²) in [4.78, 5) is 11.9. The molecule has 26 heavy (non-hydrogen) atoms. The molecular weight excluding hydrogens is 348 g/mol. The molecule has 0 bridgehead atoms. The predicted octanol–water partition coefficient (Wildman–Crippen LogP) is 5.28. The molecule has 2 aromatic carbocycles. The van der Waals surface area contributed by atoms with Crippen LogP contribution in [0.15, 0.2) is 55.1 Å². The Kier molecular flexibility index (Phi) is 7.89. The maximum absolute atomic E-state index is 11.9. The average Bonchev–Trinajstić information content (AvgIpc) is 2.67. The van der Waals surface area contributed by atoms with E-state index < -0.39 is 0 Å². The van der Waals surface area contributed by atoms with Gasteiger partial charge in [-0.2, -0.15) is 0 Å². The maximum Gasteiger partial charge on any atom is 0.308 e. The topological polar surface area (TPSA) is 35.5 Å². The number of benzene rings is 2. The van der Waals surface area contributed by atoms with Gasteiger partial charge in [0.25, 0.3) is 0 Å². The maximum atomic E-state index is 11.9. The monoisotopic (exact) mass is 372 g/mol. The molecule has 2 rings (SSSR count). The molecule has 0 spiro atoms. The fraction of sp³-hybridized carbons (Fsp3) is 0.318. The number of carbonyl (C=O) groups is 1. The minimum atomic E-state index is -0.271. The van der Waals surface area contributed by atoms with Crippen molar-refractivity contribution in [1.29, 1.82) is 0 Å². The number of esters is 1. The minimum Gasteiger partial charge on any atom is -0.469 e. The lowest BCUT2D eigenvalue weighted by molar-refractivity contribution is -0.144.